The summed E-state index contributed by atoms with van der Waals surface area (Å²) in [6.07, 6.45) is -0.511. The van der Waals surface area contributed by atoms with Crippen molar-refractivity contribution >= 4 is 41.0 Å². The number of aromatic nitrogens is 1. The summed E-state index contributed by atoms with van der Waals surface area (Å²) in [5.74, 6) is -1.27. The number of nitrogens with one attached hydrogen (secondary N) is 2. The Morgan fingerprint density at radius 1 is 0.930 bits per heavy atom. The van der Waals surface area contributed by atoms with Gasteiger partial charge in [-0.1, -0.05) is 66.2 Å². The number of pyridine rings is 1. The molecule has 0 fully saturated rings. The first kappa shape index (κ1) is 43.4. The lowest BCUT2D eigenvalue weighted by molar-refractivity contribution is -0.140. The number of hydrogen-bond donors (Lipinski definition) is 6. The molecular formula is C41H48Cl2N4O10. The second-order valence-electron chi connectivity index (χ2n) is 13.8. The van der Waals surface area contributed by atoms with Crippen LogP contribution in [-0.2, 0) is 38.4 Å². The van der Waals surface area contributed by atoms with Crippen molar-refractivity contribution in [3.8, 4) is 22.9 Å². The number of fused-ring (bicyclic) bond motifs is 2. The number of carboxylic acid groups (broad SMARTS) is 2. The van der Waals surface area contributed by atoms with Gasteiger partial charge in [0, 0.05) is 37.3 Å². The highest BCUT2D eigenvalue weighted by Gasteiger charge is 2.32. The van der Waals surface area contributed by atoms with Crippen LogP contribution in [0.25, 0.3) is 11.1 Å². The molecule has 57 heavy (non-hydrogen) atoms. The first-order valence-electron chi connectivity index (χ1n) is 18.5. The molecule has 2 aliphatic carbocycles. The van der Waals surface area contributed by atoms with Gasteiger partial charge in [0.25, 0.3) is 0 Å². The van der Waals surface area contributed by atoms with E-state index in [0.717, 1.165) is 35.1 Å². The molecule has 0 amide bonds. The standard InChI is InChI=1S/C41H48Cl2N4O10/c1-22(18-44-20-25(48)16-36(50)51)38(54-3)46-39(23(2)42)56-34-13-11-29-27(7-5-9-31(29)34)28-8-6-10-32-30(28)12-14-35(32)57-41-33(43)15-24(40(47-41)55-4)19-45-21-26(49)17-37(52)53/h5-10,15,25-26,34-35,44-45,48-49H,1,11-14,16-21H2,2-4H3,(H,50,51)(H,52,53)/b39-23-,46-38+/t25-,26-,34-,35-/m0/s1. The van der Waals surface area contributed by atoms with Crippen molar-refractivity contribution in [1.82, 2.24) is 15.6 Å². The monoisotopic (exact) mass is 826 g/mol. The number of allylic oxidation sites excluding steroid dienone is 1. The van der Waals surface area contributed by atoms with Crippen LogP contribution in [0.1, 0.15) is 72.6 Å². The van der Waals surface area contributed by atoms with Crippen LogP contribution in [0.3, 0.4) is 0 Å². The minimum Gasteiger partial charge on any atom is -0.481 e. The minimum atomic E-state index is -1.09. The molecule has 0 unspecified atom stereocenters. The molecule has 1 heterocycles. The number of ether oxygens (including phenoxy) is 4. The van der Waals surface area contributed by atoms with Crippen molar-refractivity contribution in [3.05, 3.63) is 98.4 Å². The Bertz CT molecular complexity index is 2020. The van der Waals surface area contributed by atoms with Gasteiger partial charge < -0.3 is 50.0 Å². The number of aliphatic hydroxyl groups excluding tert-OH is 2. The molecule has 0 radical (unpaired) electrons. The first-order valence-corrected chi connectivity index (χ1v) is 19.2. The zero-order valence-corrected chi connectivity index (χ0v) is 33.5. The molecule has 4 atom stereocenters. The van der Waals surface area contributed by atoms with Gasteiger partial charge in [0.2, 0.25) is 23.5 Å². The summed E-state index contributed by atoms with van der Waals surface area (Å²) in [7, 11) is 2.95. The highest BCUT2D eigenvalue weighted by atomic mass is 35.5. The predicted octanol–water partition coefficient (Wildman–Crippen LogP) is 5.86. The molecule has 0 spiro atoms. The maximum atomic E-state index is 10.9. The van der Waals surface area contributed by atoms with E-state index in [1.54, 1.807) is 13.0 Å². The third-order valence-corrected chi connectivity index (χ3v) is 10.1. The Morgan fingerprint density at radius 3 is 2.07 bits per heavy atom. The van der Waals surface area contributed by atoms with Crippen LogP contribution in [0, 0.1) is 0 Å². The number of aliphatic hydroxyl groups is 2. The zero-order valence-electron chi connectivity index (χ0n) is 32.0. The Morgan fingerprint density at radius 2 is 1.51 bits per heavy atom. The van der Waals surface area contributed by atoms with Crippen LogP contribution in [0.15, 0.2) is 70.5 Å². The van der Waals surface area contributed by atoms with E-state index in [1.807, 2.05) is 12.1 Å². The summed E-state index contributed by atoms with van der Waals surface area (Å²) in [6, 6.07) is 14.1. The Labute approximate surface area is 341 Å². The molecule has 306 valence electrons. The lowest BCUT2D eigenvalue weighted by atomic mass is 9.91. The normalized spacial score (nSPS) is 17.6. The van der Waals surface area contributed by atoms with Crippen LogP contribution in [0.4, 0.5) is 0 Å². The quantitative estimate of drug-likeness (QED) is 0.0450. The minimum absolute atomic E-state index is 0.0523. The van der Waals surface area contributed by atoms with Crippen molar-refractivity contribution in [2.75, 3.05) is 33.9 Å². The van der Waals surface area contributed by atoms with Gasteiger partial charge >= 0.3 is 11.9 Å². The molecule has 2 aromatic carbocycles. The summed E-state index contributed by atoms with van der Waals surface area (Å²) in [4.78, 5) is 30.8. The number of nitrogens with zero attached hydrogens (tertiary/aromatic N) is 2. The van der Waals surface area contributed by atoms with Crippen molar-refractivity contribution < 1.29 is 49.0 Å². The molecule has 1 aromatic heterocycles. The Kier molecular flexibility index (Phi) is 15.3. The van der Waals surface area contributed by atoms with Crippen molar-refractivity contribution in [3.63, 3.8) is 0 Å². The number of benzene rings is 2. The molecule has 5 rings (SSSR count). The number of carbonyl (C=O) groups is 2. The van der Waals surface area contributed by atoms with E-state index in [0.29, 0.717) is 39.9 Å². The maximum Gasteiger partial charge on any atom is 0.306 e. The number of hydrogen-bond acceptors (Lipinski definition) is 12. The number of halogens is 2. The summed E-state index contributed by atoms with van der Waals surface area (Å²) in [6.45, 7) is 6.26. The van der Waals surface area contributed by atoms with Crippen LogP contribution < -0.4 is 20.1 Å². The van der Waals surface area contributed by atoms with Crippen molar-refractivity contribution in [1.29, 1.82) is 0 Å². The number of aliphatic imine (C=N–C) groups is 1. The molecule has 3 aromatic rings. The van der Waals surface area contributed by atoms with Crippen molar-refractivity contribution in [2.24, 2.45) is 4.99 Å². The molecule has 2 aliphatic rings. The molecule has 6 N–H and O–H groups in total. The Hall–Kier alpha value is -4.70. The fourth-order valence-corrected chi connectivity index (χ4v) is 7.37. The first-order chi connectivity index (χ1) is 27.3. The number of aliphatic carboxylic acids is 2. The zero-order chi connectivity index (χ0) is 41.2. The highest BCUT2D eigenvalue weighted by molar-refractivity contribution is 6.32. The lowest BCUT2D eigenvalue weighted by Crippen LogP contribution is -2.31. The van der Waals surface area contributed by atoms with E-state index in [1.165, 1.54) is 25.3 Å². The van der Waals surface area contributed by atoms with Crippen LogP contribution in [0.5, 0.6) is 11.8 Å². The molecular weight excluding hydrogens is 779 g/mol. The summed E-state index contributed by atoms with van der Waals surface area (Å²) >= 11 is 13.2. The molecule has 0 bridgehead atoms. The summed E-state index contributed by atoms with van der Waals surface area (Å²) < 4.78 is 23.9. The van der Waals surface area contributed by atoms with E-state index in [-0.39, 0.29) is 68.9 Å². The maximum absolute atomic E-state index is 10.9. The van der Waals surface area contributed by atoms with Crippen LogP contribution >= 0.6 is 23.2 Å². The summed E-state index contributed by atoms with van der Waals surface area (Å²) in [5.41, 5.74) is 7.74. The molecule has 0 saturated carbocycles. The second kappa shape index (κ2) is 20.1. The number of methoxy groups -OCH3 is 2. The van der Waals surface area contributed by atoms with Gasteiger partial charge in [-0.25, -0.2) is 0 Å². The lowest BCUT2D eigenvalue weighted by Gasteiger charge is -2.19. The van der Waals surface area contributed by atoms with Gasteiger partial charge in [-0.15, -0.1) is 0 Å². The average molecular weight is 828 g/mol. The highest BCUT2D eigenvalue weighted by Crippen LogP contribution is 2.46. The third kappa shape index (κ3) is 11.2. The smallest absolute Gasteiger partial charge is 0.306 e. The largest absolute Gasteiger partial charge is 0.481 e. The fourth-order valence-electron chi connectivity index (χ4n) is 7.06. The Balaban J connectivity index is 1.30. The van der Waals surface area contributed by atoms with E-state index in [4.69, 9.17) is 52.4 Å². The molecule has 16 heteroatoms. The number of carboxylic acids is 2. The molecule has 0 saturated heterocycles. The van der Waals surface area contributed by atoms with E-state index in [9.17, 15) is 19.8 Å². The fraction of sp³-hybridized carbons (Fsp3) is 0.415. The van der Waals surface area contributed by atoms with Gasteiger partial charge in [0.15, 0.2) is 0 Å². The SMILES string of the molecule is C=C(CNC[C@@H](O)CC(=O)O)/C(=N\C(O[C@H]1CCc2c(-c3cccc4c3CC[C@@H]4Oc3nc(OC)c(CNC[C@@H](O)CC(=O)O)cc3Cl)cccc21)=C(/C)Cl)OC. The van der Waals surface area contributed by atoms with Gasteiger partial charge in [0.05, 0.1) is 44.3 Å². The van der Waals surface area contributed by atoms with Gasteiger partial charge in [-0.05, 0) is 72.1 Å². The third-order valence-electron chi connectivity index (χ3n) is 9.63. The van der Waals surface area contributed by atoms with E-state index >= 15 is 0 Å². The van der Waals surface area contributed by atoms with Crippen molar-refractivity contribution in [2.45, 2.75) is 76.4 Å². The predicted molar refractivity (Wildman–Crippen MR) is 215 cm³/mol. The van der Waals surface area contributed by atoms with Crippen LogP contribution in [-0.4, -0.2) is 89.3 Å². The number of rotatable bonds is 20. The molecule has 0 aliphatic heterocycles. The van der Waals surface area contributed by atoms with E-state index in [2.05, 4.69) is 51.5 Å². The van der Waals surface area contributed by atoms with Gasteiger partial charge in [-0.3, -0.25) is 9.59 Å². The van der Waals surface area contributed by atoms with Gasteiger partial charge in [-0.2, -0.15) is 9.98 Å². The molecule has 14 nitrogen and oxygen atoms in total. The topological polar surface area (TPSA) is 201 Å². The van der Waals surface area contributed by atoms with Crippen LogP contribution in [0.2, 0.25) is 5.02 Å². The average Bonchev–Trinajstić information content (AvgIpc) is 3.77. The second-order valence-corrected chi connectivity index (χ2v) is 14.8. The summed E-state index contributed by atoms with van der Waals surface area (Å²) in [5, 5.41) is 44.1. The van der Waals surface area contributed by atoms with Gasteiger partial charge in [0.1, 0.15) is 17.2 Å². The van der Waals surface area contributed by atoms with E-state index < -0.39 is 24.1 Å².